The number of H-pyrrole nitrogens is 1. The number of hydrogen-bond acceptors (Lipinski definition) is 5. The highest BCUT2D eigenvalue weighted by Gasteiger charge is 2.23. The van der Waals surface area contributed by atoms with Crippen LogP contribution in [0.25, 0.3) is 32.5 Å². The third-order valence-corrected chi connectivity index (χ3v) is 5.81. The number of nitriles is 1. The van der Waals surface area contributed by atoms with Gasteiger partial charge in [-0.15, -0.1) is 11.3 Å². The minimum Gasteiger partial charge on any atom is -0.507 e. The van der Waals surface area contributed by atoms with Crippen LogP contribution in [0.15, 0.2) is 47.3 Å². The molecular formula is C21H13ClN2O3S. The predicted octanol–water partition coefficient (Wildman–Crippen LogP) is 5.17. The van der Waals surface area contributed by atoms with Gasteiger partial charge in [-0.05, 0) is 36.2 Å². The Hall–Kier alpha value is -3.27. The van der Waals surface area contributed by atoms with Crippen LogP contribution in [-0.4, -0.2) is 15.2 Å². The molecule has 0 fully saturated rings. The molecule has 0 aliphatic heterocycles. The second-order valence-corrected chi connectivity index (χ2v) is 7.97. The van der Waals surface area contributed by atoms with Gasteiger partial charge < -0.3 is 15.2 Å². The van der Waals surface area contributed by atoms with Crippen molar-refractivity contribution in [3.63, 3.8) is 0 Å². The highest BCUT2D eigenvalue weighted by Crippen LogP contribution is 2.48. The number of phenols is 1. The molecule has 0 saturated carbocycles. The minimum absolute atomic E-state index is 0.0280. The van der Waals surface area contributed by atoms with Crippen LogP contribution in [0.4, 0.5) is 0 Å². The van der Waals surface area contributed by atoms with E-state index in [0.29, 0.717) is 36.8 Å². The van der Waals surface area contributed by atoms with Crippen molar-refractivity contribution in [1.82, 2.24) is 4.98 Å². The summed E-state index contributed by atoms with van der Waals surface area (Å²) in [6.45, 7) is 1.85. The normalized spacial score (nSPS) is 10.9. The van der Waals surface area contributed by atoms with Gasteiger partial charge in [-0.3, -0.25) is 4.79 Å². The number of aromatic amines is 1. The molecule has 0 bridgehead atoms. The molecule has 0 radical (unpaired) electrons. The van der Waals surface area contributed by atoms with E-state index < -0.39 is 5.56 Å². The maximum absolute atomic E-state index is 12.6. The number of fused-ring (bicyclic) bond motifs is 1. The first kappa shape index (κ1) is 18.1. The minimum atomic E-state index is -0.488. The van der Waals surface area contributed by atoms with E-state index in [4.69, 9.17) is 16.9 Å². The van der Waals surface area contributed by atoms with Crippen LogP contribution in [0.2, 0.25) is 4.34 Å². The third kappa shape index (κ3) is 2.82. The van der Waals surface area contributed by atoms with Crippen molar-refractivity contribution in [1.29, 1.82) is 5.26 Å². The Morgan fingerprint density at radius 2 is 1.93 bits per heavy atom. The van der Waals surface area contributed by atoms with E-state index in [1.165, 1.54) is 6.07 Å². The lowest BCUT2D eigenvalue weighted by atomic mass is 9.98. The molecular weight excluding hydrogens is 396 g/mol. The quantitative estimate of drug-likeness (QED) is 0.426. The Balaban J connectivity index is 2.08. The summed E-state index contributed by atoms with van der Waals surface area (Å²) in [5, 5.41) is 30.9. The fourth-order valence-electron chi connectivity index (χ4n) is 3.22. The number of rotatable bonds is 2. The van der Waals surface area contributed by atoms with Gasteiger partial charge in [-0.1, -0.05) is 35.9 Å². The average Bonchev–Trinajstić information content (AvgIpc) is 2.98. The van der Waals surface area contributed by atoms with Crippen LogP contribution in [0.5, 0.6) is 11.5 Å². The van der Waals surface area contributed by atoms with Gasteiger partial charge in [0.2, 0.25) is 0 Å². The Labute approximate surface area is 168 Å². The molecule has 3 N–H and O–H groups in total. The molecule has 2 aromatic carbocycles. The number of nitrogens with one attached hydrogen (secondary N) is 1. The molecule has 138 valence electrons. The Morgan fingerprint density at radius 3 is 2.64 bits per heavy atom. The van der Waals surface area contributed by atoms with Crippen molar-refractivity contribution in [3.8, 4) is 39.8 Å². The van der Waals surface area contributed by atoms with Gasteiger partial charge in [0, 0.05) is 11.1 Å². The number of thiophene rings is 1. The maximum atomic E-state index is 12.6. The fourth-order valence-corrected chi connectivity index (χ4v) is 4.59. The first-order valence-corrected chi connectivity index (χ1v) is 9.48. The Kier molecular flexibility index (Phi) is 4.34. The van der Waals surface area contributed by atoms with Gasteiger partial charge in [0.15, 0.2) is 0 Å². The molecule has 0 unspecified atom stereocenters. The zero-order valence-electron chi connectivity index (χ0n) is 14.6. The summed E-state index contributed by atoms with van der Waals surface area (Å²) in [6.07, 6.45) is 0. The molecule has 0 spiro atoms. The summed E-state index contributed by atoms with van der Waals surface area (Å²) < 4.78 is 0.336. The van der Waals surface area contributed by atoms with Crippen LogP contribution < -0.4 is 5.56 Å². The van der Waals surface area contributed by atoms with Crippen molar-refractivity contribution in [3.05, 3.63) is 68.3 Å². The third-order valence-electron chi connectivity index (χ3n) is 4.50. The molecule has 4 rings (SSSR count). The van der Waals surface area contributed by atoms with Gasteiger partial charge >= 0.3 is 0 Å². The molecule has 5 nitrogen and oxygen atoms in total. The van der Waals surface area contributed by atoms with E-state index in [1.54, 1.807) is 30.3 Å². The summed E-state index contributed by atoms with van der Waals surface area (Å²) in [4.78, 5) is 15.8. The number of pyridine rings is 1. The Morgan fingerprint density at radius 1 is 1.14 bits per heavy atom. The molecule has 2 heterocycles. The lowest BCUT2D eigenvalue weighted by Gasteiger charge is -2.09. The van der Waals surface area contributed by atoms with Crippen molar-refractivity contribution < 1.29 is 10.2 Å². The average molecular weight is 409 g/mol. The van der Waals surface area contributed by atoms with E-state index in [0.717, 1.165) is 16.9 Å². The van der Waals surface area contributed by atoms with Gasteiger partial charge in [0.05, 0.1) is 22.6 Å². The van der Waals surface area contributed by atoms with Crippen molar-refractivity contribution in [2.24, 2.45) is 0 Å². The molecule has 0 aliphatic carbocycles. The van der Waals surface area contributed by atoms with E-state index in [9.17, 15) is 15.0 Å². The zero-order valence-corrected chi connectivity index (χ0v) is 16.1. The highest BCUT2D eigenvalue weighted by molar-refractivity contribution is 7.23. The number of aromatic hydroxyl groups is 2. The topological polar surface area (TPSA) is 97.1 Å². The van der Waals surface area contributed by atoms with Gasteiger partial charge in [0.25, 0.3) is 5.56 Å². The highest BCUT2D eigenvalue weighted by atomic mass is 35.5. The number of nitrogens with zero attached hydrogens (tertiary/aromatic N) is 1. The lowest BCUT2D eigenvalue weighted by molar-refractivity contribution is 0.476. The van der Waals surface area contributed by atoms with Crippen LogP contribution in [0, 0.1) is 18.3 Å². The lowest BCUT2D eigenvalue weighted by Crippen LogP contribution is -2.08. The largest absolute Gasteiger partial charge is 0.507 e. The van der Waals surface area contributed by atoms with Crippen molar-refractivity contribution >= 4 is 33.2 Å². The summed E-state index contributed by atoms with van der Waals surface area (Å²) in [6, 6.07) is 13.6. The Bertz CT molecular complexity index is 1350. The second kappa shape index (κ2) is 6.71. The predicted molar refractivity (Wildman–Crippen MR) is 111 cm³/mol. The molecule has 28 heavy (non-hydrogen) atoms. The molecule has 7 heteroatoms. The standard InChI is InChI=1S/C21H13ClN2O3S/c1-10-5-6-13(14(25)7-10)16-17-18(26)15(12-4-2-3-11(8-12)9-23)20(27)24-21(17)28-19(16)22/h2-8,25H,1H3,(H2,24,26,27). The summed E-state index contributed by atoms with van der Waals surface area (Å²) in [5.74, 6) is -0.216. The number of halogens is 1. The van der Waals surface area contributed by atoms with Crippen LogP contribution >= 0.6 is 22.9 Å². The van der Waals surface area contributed by atoms with Crippen LogP contribution in [0.3, 0.4) is 0 Å². The summed E-state index contributed by atoms with van der Waals surface area (Å²) in [5.41, 5.74) is 2.14. The van der Waals surface area contributed by atoms with E-state index in [2.05, 4.69) is 4.98 Å². The fraction of sp³-hybridized carbons (Fsp3) is 0.0476. The van der Waals surface area contributed by atoms with E-state index in [-0.39, 0.29) is 17.1 Å². The molecule has 0 amide bonds. The number of aryl methyl sites for hydroxylation is 1. The molecule has 2 aromatic heterocycles. The maximum Gasteiger partial charge on any atom is 0.260 e. The van der Waals surface area contributed by atoms with Crippen LogP contribution in [0.1, 0.15) is 11.1 Å². The monoisotopic (exact) mass is 408 g/mol. The molecule has 0 atom stereocenters. The summed E-state index contributed by atoms with van der Waals surface area (Å²) in [7, 11) is 0. The van der Waals surface area contributed by atoms with E-state index >= 15 is 0 Å². The van der Waals surface area contributed by atoms with Gasteiger partial charge in [0.1, 0.15) is 20.7 Å². The first-order valence-electron chi connectivity index (χ1n) is 8.28. The molecule has 0 saturated heterocycles. The smallest absolute Gasteiger partial charge is 0.260 e. The zero-order chi connectivity index (χ0) is 20.0. The SMILES string of the molecule is Cc1ccc(-c2c(Cl)sc3[nH]c(=O)c(-c4cccc(C#N)c4)c(O)c23)c(O)c1. The number of aromatic nitrogens is 1. The van der Waals surface area contributed by atoms with Gasteiger partial charge in [-0.2, -0.15) is 5.26 Å². The van der Waals surface area contributed by atoms with Crippen molar-refractivity contribution in [2.75, 3.05) is 0 Å². The number of hydrogen-bond donors (Lipinski definition) is 3. The molecule has 0 aliphatic rings. The van der Waals surface area contributed by atoms with Crippen LogP contribution in [-0.2, 0) is 0 Å². The number of benzene rings is 2. The summed E-state index contributed by atoms with van der Waals surface area (Å²) >= 11 is 7.53. The van der Waals surface area contributed by atoms with Crippen molar-refractivity contribution in [2.45, 2.75) is 6.92 Å². The van der Waals surface area contributed by atoms with E-state index in [1.807, 2.05) is 19.1 Å². The van der Waals surface area contributed by atoms with Gasteiger partial charge in [-0.25, -0.2) is 0 Å². The number of phenolic OH excluding ortho intramolecular Hbond substituents is 1. The molecule has 4 aromatic rings. The first-order chi connectivity index (χ1) is 13.4. The second-order valence-electron chi connectivity index (χ2n) is 6.35.